The molecule has 4 rings (SSSR count). The van der Waals surface area contributed by atoms with Gasteiger partial charge in [-0.2, -0.15) is 5.10 Å². The van der Waals surface area contributed by atoms with Crippen LogP contribution in [-0.2, 0) is 0 Å². The zero-order chi connectivity index (χ0) is 19.0. The second-order valence-electron chi connectivity index (χ2n) is 6.25. The van der Waals surface area contributed by atoms with Gasteiger partial charge in [0.2, 0.25) is 0 Å². The van der Waals surface area contributed by atoms with E-state index in [1.807, 2.05) is 43.3 Å². The number of benzene rings is 1. The molecule has 1 aromatic carbocycles. The summed E-state index contributed by atoms with van der Waals surface area (Å²) < 4.78 is 1.63. The summed E-state index contributed by atoms with van der Waals surface area (Å²) in [6.07, 6.45) is 1.72. The van der Waals surface area contributed by atoms with Crippen molar-refractivity contribution < 1.29 is 9.90 Å². The Labute approximate surface area is 155 Å². The first-order chi connectivity index (χ1) is 13.0. The van der Waals surface area contributed by atoms with Gasteiger partial charge in [0.1, 0.15) is 0 Å². The zero-order valence-electron chi connectivity index (χ0n) is 14.6. The molecule has 1 atom stereocenters. The summed E-state index contributed by atoms with van der Waals surface area (Å²) in [6, 6.07) is 16.3. The van der Waals surface area contributed by atoms with Crippen LogP contribution >= 0.6 is 0 Å². The van der Waals surface area contributed by atoms with Gasteiger partial charge in [0.25, 0.3) is 0 Å². The molecule has 134 valence electrons. The Morgan fingerprint density at radius 3 is 2.70 bits per heavy atom. The number of carboxylic acid groups (broad SMARTS) is 1. The molecule has 0 fully saturated rings. The standard InChI is InChI=1S/C20H17N5O2/c1-12(21)15-4-2-5-16(23-15)13-8-9-14-11-22-25(18(14)10-13)19-7-3-6-17(24-19)20(26)27/h2-12H,21H2,1H3,(H,26,27)/t12-/m0/s1. The molecule has 4 aromatic rings. The van der Waals surface area contributed by atoms with E-state index in [-0.39, 0.29) is 11.7 Å². The van der Waals surface area contributed by atoms with Crippen molar-refractivity contribution >= 4 is 16.9 Å². The Morgan fingerprint density at radius 1 is 1.11 bits per heavy atom. The molecule has 0 spiro atoms. The number of hydrogen-bond acceptors (Lipinski definition) is 5. The van der Waals surface area contributed by atoms with E-state index < -0.39 is 5.97 Å². The summed E-state index contributed by atoms with van der Waals surface area (Å²) in [7, 11) is 0. The summed E-state index contributed by atoms with van der Waals surface area (Å²) in [5, 5.41) is 14.5. The van der Waals surface area contributed by atoms with Crippen molar-refractivity contribution in [1.82, 2.24) is 19.7 Å². The third-order valence-electron chi connectivity index (χ3n) is 4.27. The van der Waals surface area contributed by atoms with Crippen LogP contribution in [0.2, 0.25) is 0 Å². The summed E-state index contributed by atoms with van der Waals surface area (Å²) >= 11 is 0. The highest BCUT2D eigenvalue weighted by Crippen LogP contribution is 2.25. The molecule has 27 heavy (non-hydrogen) atoms. The molecule has 0 saturated carbocycles. The largest absolute Gasteiger partial charge is 0.477 e. The highest BCUT2D eigenvalue weighted by atomic mass is 16.4. The summed E-state index contributed by atoms with van der Waals surface area (Å²) in [4.78, 5) is 20.0. The number of carbonyl (C=O) groups is 1. The van der Waals surface area contributed by atoms with Crippen LogP contribution < -0.4 is 5.73 Å². The van der Waals surface area contributed by atoms with Gasteiger partial charge in [0.15, 0.2) is 11.5 Å². The third-order valence-corrected chi connectivity index (χ3v) is 4.27. The molecule has 0 radical (unpaired) electrons. The van der Waals surface area contributed by atoms with Gasteiger partial charge in [-0.25, -0.2) is 14.5 Å². The van der Waals surface area contributed by atoms with Crippen LogP contribution in [0, 0.1) is 0 Å². The van der Waals surface area contributed by atoms with Crippen LogP contribution in [0.15, 0.2) is 60.8 Å². The average molecular weight is 359 g/mol. The van der Waals surface area contributed by atoms with Crippen LogP contribution in [0.3, 0.4) is 0 Å². The fraction of sp³-hybridized carbons (Fsp3) is 0.100. The highest BCUT2D eigenvalue weighted by Gasteiger charge is 2.12. The monoisotopic (exact) mass is 359 g/mol. The van der Waals surface area contributed by atoms with Crippen LogP contribution in [0.1, 0.15) is 29.1 Å². The van der Waals surface area contributed by atoms with Crippen molar-refractivity contribution in [3.05, 3.63) is 72.2 Å². The number of aromatic carboxylic acids is 1. The molecule has 0 bridgehead atoms. The minimum atomic E-state index is -1.08. The first-order valence-electron chi connectivity index (χ1n) is 8.44. The van der Waals surface area contributed by atoms with Crippen molar-refractivity contribution in [2.75, 3.05) is 0 Å². The molecule has 3 aromatic heterocycles. The molecule has 7 nitrogen and oxygen atoms in total. The minimum absolute atomic E-state index is 0.0291. The van der Waals surface area contributed by atoms with Crippen molar-refractivity contribution in [3.63, 3.8) is 0 Å². The Bertz CT molecular complexity index is 1150. The quantitative estimate of drug-likeness (QED) is 0.579. The van der Waals surface area contributed by atoms with Gasteiger partial charge in [-0.1, -0.05) is 24.3 Å². The van der Waals surface area contributed by atoms with Gasteiger partial charge in [0.05, 0.1) is 23.1 Å². The molecule has 0 saturated heterocycles. The fourth-order valence-corrected chi connectivity index (χ4v) is 2.89. The first-order valence-corrected chi connectivity index (χ1v) is 8.44. The van der Waals surface area contributed by atoms with E-state index in [1.165, 1.54) is 6.07 Å². The normalized spacial score (nSPS) is 12.2. The number of carboxylic acids is 1. The highest BCUT2D eigenvalue weighted by molar-refractivity contribution is 5.86. The fourth-order valence-electron chi connectivity index (χ4n) is 2.89. The average Bonchev–Trinajstić information content (AvgIpc) is 3.11. The van der Waals surface area contributed by atoms with Gasteiger partial charge >= 0.3 is 5.97 Å². The lowest BCUT2D eigenvalue weighted by atomic mass is 10.1. The van der Waals surface area contributed by atoms with E-state index >= 15 is 0 Å². The predicted octanol–water partition coefficient (Wildman–Crippen LogP) is 3.20. The molecule has 3 N–H and O–H groups in total. The van der Waals surface area contributed by atoms with Crippen molar-refractivity contribution in [2.24, 2.45) is 5.73 Å². The van der Waals surface area contributed by atoms with E-state index in [0.29, 0.717) is 5.82 Å². The smallest absolute Gasteiger partial charge is 0.354 e. The number of fused-ring (bicyclic) bond motifs is 1. The molecule has 0 aliphatic carbocycles. The van der Waals surface area contributed by atoms with E-state index in [4.69, 9.17) is 5.73 Å². The lowest BCUT2D eigenvalue weighted by molar-refractivity contribution is 0.0690. The maximum absolute atomic E-state index is 11.2. The van der Waals surface area contributed by atoms with Gasteiger partial charge in [-0.15, -0.1) is 0 Å². The van der Waals surface area contributed by atoms with Crippen LogP contribution in [-0.4, -0.2) is 30.8 Å². The maximum Gasteiger partial charge on any atom is 0.354 e. The minimum Gasteiger partial charge on any atom is -0.477 e. The van der Waals surface area contributed by atoms with Crippen molar-refractivity contribution in [3.8, 4) is 17.1 Å². The van der Waals surface area contributed by atoms with E-state index in [9.17, 15) is 9.90 Å². The van der Waals surface area contributed by atoms with Crippen molar-refractivity contribution in [1.29, 1.82) is 0 Å². The van der Waals surface area contributed by atoms with Gasteiger partial charge < -0.3 is 10.8 Å². The lowest BCUT2D eigenvalue weighted by Gasteiger charge is -2.08. The number of aromatic nitrogens is 4. The number of nitrogens with zero attached hydrogens (tertiary/aromatic N) is 4. The molecular weight excluding hydrogens is 342 g/mol. The summed E-state index contributed by atoms with van der Waals surface area (Å²) in [5.41, 5.74) is 9.27. The van der Waals surface area contributed by atoms with Crippen molar-refractivity contribution in [2.45, 2.75) is 13.0 Å². The molecular formula is C20H17N5O2. The third kappa shape index (κ3) is 3.16. The number of pyridine rings is 2. The van der Waals surface area contributed by atoms with Gasteiger partial charge in [0, 0.05) is 17.0 Å². The lowest BCUT2D eigenvalue weighted by Crippen LogP contribution is -2.07. The van der Waals surface area contributed by atoms with Gasteiger partial charge in [-0.05, 0) is 37.3 Å². The van der Waals surface area contributed by atoms with Crippen LogP contribution in [0.4, 0.5) is 0 Å². The van der Waals surface area contributed by atoms with Crippen LogP contribution in [0.25, 0.3) is 28.0 Å². The molecule has 7 heteroatoms. The van der Waals surface area contributed by atoms with E-state index in [0.717, 1.165) is 27.9 Å². The Kier molecular flexibility index (Phi) is 4.13. The number of hydrogen-bond donors (Lipinski definition) is 2. The maximum atomic E-state index is 11.2. The number of nitrogens with two attached hydrogens (primary N) is 1. The van der Waals surface area contributed by atoms with Crippen LogP contribution in [0.5, 0.6) is 0 Å². The Morgan fingerprint density at radius 2 is 1.93 bits per heavy atom. The van der Waals surface area contributed by atoms with Gasteiger partial charge in [-0.3, -0.25) is 4.98 Å². The second kappa shape index (κ2) is 6.62. The molecule has 3 heterocycles. The Balaban J connectivity index is 1.84. The van der Waals surface area contributed by atoms with E-state index in [1.54, 1.807) is 23.0 Å². The topological polar surface area (TPSA) is 107 Å². The zero-order valence-corrected chi connectivity index (χ0v) is 14.6. The molecule has 0 amide bonds. The number of rotatable bonds is 4. The summed E-state index contributed by atoms with van der Waals surface area (Å²) in [6.45, 7) is 1.89. The SMILES string of the molecule is C[C@H](N)c1cccc(-c2ccc3cnn(-c4cccc(C(=O)O)n4)c3c2)n1. The summed E-state index contributed by atoms with van der Waals surface area (Å²) in [5.74, 6) is -0.634. The Hall–Kier alpha value is -3.58. The second-order valence-corrected chi connectivity index (χ2v) is 6.25. The first kappa shape index (κ1) is 16.9. The molecule has 0 unspecified atom stereocenters. The predicted molar refractivity (Wildman–Crippen MR) is 102 cm³/mol. The molecule has 0 aliphatic heterocycles. The molecule has 0 aliphatic rings. The van der Waals surface area contributed by atoms with E-state index in [2.05, 4.69) is 15.1 Å².